The van der Waals surface area contributed by atoms with E-state index >= 15 is 0 Å². The number of hydrogen-bond donors (Lipinski definition) is 1. The molecule has 0 saturated carbocycles. The van der Waals surface area contributed by atoms with Gasteiger partial charge in [-0.05, 0) is 18.2 Å². The van der Waals surface area contributed by atoms with Crippen LogP contribution >= 0.6 is 24.0 Å². The first-order valence-corrected chi connectivity index (χ1v) is 9.38. The van der Waals surface area contributed by atoms with Gasteiger partial charge in [0.15, 0.2) is 0 Å². The minimum Gasteiger partial charge on any atom is -0.307 e. The molecule has 0 unspecified atom stereocenters. The summed E-state index contributed by atoms with van der Waals surface area (Å²) in [4.78, 5) is 23.2. The van der Waals surface area contributed by atoms with Crippen molar-refractivity contribution in [3.05, 3.63) is 81.4 Å². The summed E-state index contributed by atoms with van der Waals surface area (Å²) in [7, 11) is 0. The number of nitro groups is 1. The van der Waals surface area contributed by atoms with Crippen molar-refractivity contribution in [2.75, 3.05) is 0 Å². The van der Waals surface area contributed by atoms with E-state index in [4.69, 9.17) is 12.2 Å². The third-order valence-corrected chi connectivity index (χ3v) is 5.19. The van der Waals surface area contributed by atoms with Gasteiger partial charge in [-0.2, -0.15) is 5.10 Å². The zero-order valence-electron chi connectivity index (χ0n) is 14.2. The van der Waals surface area contributed by atoms with E-state index in [1.807, 2.05) is 30.3 Å². The number of benzene rings is 2. The van der Waals surface area contributed by atoms with E-state index < -0.39 is 4.92 Å². The smallest absolute Gasteiger partial charge is 0.270 e. The first-order valence-electron chi connectivity index (χ1n) is 8.16. The molecule has 0 radical (unpaired) electrons. The molecule has 1 aromatic heterocycles. The number of nitro benzene ring substituents is 1. The average Bonchev–Trinajstić information content (AvgIpc) is 3.25. The molecule has 4 rings (SSSR count). The van der Waals surface area contributed by atoms with Gasteiger partial charge in [0.05, 0.1) is 15.5 Å². The molecule has 7 nitrogen and oxygen atoms in total. The molecule has 1 N–H and O–H groups in total. The highest BCUT2D eigenvalue weighted by Gasteiger charge is 2.23. The van der Waals surface area contributed by atoms with Crippen LogP contribution in [0.3, 0.4) is 0 Å². The number of carbonyl (C=O) groups excluding carboxylic acids is 1. The number of non-ortho nitro benzene ring substituents is 1. The second-order valence-corrected chi connectivity index (χ2v) is 7.59. The molecule has 2 heterocycles. The molecule has 0 aliphatic carbocycles. The molecule has 1 fully saturated rings. The van der Waals surface area contributed by atoms with Gasteiger partial charge >= 0.3 is 0 Å². The van der Waals surface area contributed by atoms with Crippen molar-refractivity contribution in [3.63, 3.8) is 0 Å². The molecule has 0 spiro atoms. The van der Waals surface area contributed by atoms with Crippen LogP contribution in [-0.4, -0.2) is 24.9 Å². The van der Waals surface area contributed by atoms with Gasteiger partial charge in [-0.3, -0.25) is 14.9 Å². The molecule has 0 atom stereocenters. The summed E-state index contributed by atoms with van der Waals surface area (Å²) >= 11 is 6.21. The van der Waals surface area contributed by atoms with Crippen LogP contribution in [0.25, 0.3) is 23.0 Å². The van der Waals surface area contributed by atoms with Crippen molar-refractivity contribution >= 4 is 46.0 Å². The Morgan fingerprint density at radius 3 is 2.64 bits per heavy atom. The van der Waals surface area contributed by atoms with E-state index in [9.17, 15) is 14.9 Å². The zero-order chi connectivity index (χ0) is 19.7. The Morgan fingerprint density at radius 1 is 1.18 bits per heavy atom. The Morgan fingerprint density at radius 2 is 1.96 bits per heavy atom. The van der Waals surface area contributed by atoms with E-state index in [0.29, 0.717) is 26.0 Å². The maximum atomic E-state index is 12.1. The summed E-state index contributed by atoms with van der Waals surface area (Å²) in [6.07, 6.45) is 3.48. The first-order chi connectivity index (χ1) is 13.5. The lowest BCUT2D eigenvalue weighted by Gasteiger charge is -2.01. The van der Waals surface area contributed by atoms with E-state index in [1.54, 1.807) is 29.1 Å². The Kier molecular flexibility index (Phi) is 4.76. The Hall–Kier alpha value is -3.30. The third kappa shape index (κ3) is 3.57. The monoisotopic (exact) mass is 408 g/mol. The molecule has 138 valence electrons. The SMILES string of the molecule is O=C1NC(=S)S/C1=C\c1cn(-c2ccccc2)nc1-c1cccc([N+](=O)[O-])c1. The average molecular weight is 408 g/mol. The third-order valence-electron chi connectivity index (χ3n) is 4.02. The van der Waals surface area contributed by atoms with E-state index in [1.165, 1.54) is 23.9 Å². The standard InChI is InChI=1S/C19H12N4O3S2/c24-18-16(28-19(27)20-18)10-13-11-22(14-6-2-1-3-7-14)21-17(13)12-5-4-8-15(9-12)23(25)26/h1-11H,(H,20,24,27)/b16-10-. The number of aromatic nitrogens is 2. The number of carbonyl (C=O) groups is 1. The molecule has 3 aromatic rings. The molecule has 1 aliphatic heterocycles. The molecule has 0 bridgehead atoms. The van der Waals surface area contributed by atoms with Crippen molar-refractivity contribution in [2.45, 2.75) is 0 Å². The van der Waals surface area contributed by atoms with Gasteiger partial charge in [0.2, 0.25) is 0 Å². The second kappa shape index (κ2) is 7.37. The van der Waals surface area contributed by atoms with E-state index in [-0.39, 0.29) is 11.6 Å². The number of thiocarbonyl (C=S) groups is 1. The maximum absolute atomic E-state index is 12.1. The number of hydrogen-bond acceptors (Lipinski definition) is 6. The molecule has 9 heteroatoms. The van der Waals surface area contributed by atoms with Crippen molar-refractivity contribution in [3.8, 4) is 16.9 Å². The van der Waals surface area contributed by atoms with Gasteiger partial charge in [-0.15, -0.1) is 0 Å². The molecular formula is C19H12N4O3S2. The van der Waals surface area contributed by atoms with Crippen molar-refractivity contribution in [1.82, 2.24) is 15.1 Å². The predicted octanol–water partition coefficient (Wildman–Crippen LogP) is 3.94. The largest absolute Gasteiger partial charge is 0.307 e. The molecule has 1 aliphatic rings. The lowest BCUT2D eigenvalue weighted by molar-refractivity contribution is -0.384. The zero-order valence-corrected chi connectivity index (χ0v) is 15.9. The van der Waals surface area contributed by atoms with Gasteiger partial charge in [-0.25, -0.2) is 4.68 Å². The number of para-hydroxylation sites is 1. The highest BCUT2D eigenvalue weighted by Crippen LogP contribution is 2.32. The van der Waals surface area contributed by atoms with Crippen LogP contribution in [0.4, 0.5) is 5.69 Å². The van der Waals surface area contributed by atoms with Crippen LogP contribution < -0.4 is 5.32 Å². The Balaban J connectivity index is 1.86. The second-order valence-electron chi connectivity index (χ2n) is 5.87. The molecule has 28 heavy (non-hydrogen) atoms. The fraction of sp³-hybridized carbons (Fsp3) is 0. The molecular weight excluding hydrogens is 396 g/mol. The number of nitrogens with zero attached hydrogens (tertiary/aromatic N) is 3. The number of rotatable bonds is 4. The number of amides is 1. The lowest BCUT2D eigenvalue weighted by Crippen LogP contribution is -2.17. The summed E-state index contributed by atoms with van der Waals surface area (Å²) in [5.41, 5.74) is 2.58. The van der Waals surface area contributed by atoms with Crippen molar-refractivity contribution in [1.29, 1.82) is 0 Å². The Labute approximate surface area is 169 Å². The fourth-order valence-electron chi connectivity index (χ4n) is 2.76. The van der Waals surface area contributed by atoms with Crippen LogP contribution in [0.2, 0.25) is 0 Å². The maximum Gasteiger partial charge on any atom is 0.270 e. The first kappa shape index (κ1) is 18.1. The van der Waals surface area contributed by atoms with E-state index in [2.05, 4.69) is 10.4 Å². The number of thioether (sulfide) groups is 1. The highest BCUT2D eigenvalue weighted by atomic mass is 32.2. The van der Waals surface area contributed by atoms with Crippen molar-refractivity contribution < 1.29 is 9.72 Å². The summed E-state index contributed by atoms with van der Waals surface area (Å²) in [5.74, 6) is -0.271. The Bertz CT molecular complexity index is 1140. The highest BCUT2D eigenvalue weighted by molar-refractivity contribution is 8.26. The summed E-state index contributed by atoms with van der Waals surface area (Å²) in [5, 5.41) is 18.3. The normalized spacial score (nSPS) is 15.1. The molecule has 1 saturated heterocycles. The number of nitrogens with one attached hydrogen (secondary N) is 1. The lowest BCUT2D eigenvalue weighted by atomic mass is 10.1. The van der Waals surface area contributed by atoms with Crippen LogP contribution in [0.1, 0.15) is 5.56 Å². The van der Waals surface area contributed by atoms with Crippen LogP contribution in [-0.2, 0) is 4.79 Å². The van der Waals surface area contributed by atoms with Crippen LogP contribution in [0.5, 0.6) is 0 Å². The van der Waals surface area contributed by atoms with Gasteiger partial charge in [0.25, 0.3) is 11.6 Å². The van der Waals surface area contributed by atoms with Gasteiger partial charge < -0.3 is 5.32 Å². The molecule has 2 aromatic carbocycles. The van der Waals surface area contributed by atoms with Crippen molar-refractivity contribution in [2.24, 2.45) is 0 Å². The van der Waals surface area contributed by atoms with E-state index in [0.717, 1.165) is 5.69 Å². The van der Waals surface area contributed by atoms with Crippen LogP contribution in [0, 0.1) is 10.1 Å². The van der Waals surface area contributed by atoms with Gasteiger partial charge in [0, 0.05) is 29.5 Å². The summed E-state index contributed by atoms with van der Waals surface area (Å²) in [6.45, 7) is 0. The van der Waals surface area contributed by atoms with Gasteiger partial charge in [-0.1, -0.05) is 54.3 Å². The predicted molar refractivity (Wildman–Crippen MR) is 112 cm³/mol. The summed E-state index contributed by atoms with van der Waals surface area (Å²) < 4.78 is 2.07. The van der Waals surface area contributed by atoms with Gasteiger partial charge in [0.1, 0.15) is 10.0 Å². The fourth-order valence-corrected chi connectivity index (χ4v) is 3.79. The quantitative estimate of drug-likeness (QED) is 0.304. The minimum atomic E-state index is -0.450. The van der Waals surface area contributed by atoms with Crippen LogP contribution in [0.15, 0.2) is 65.7 Å². The topological polar surface area (TPSA) is 90.1 Å². The molecule has 1 amide bonds. The minimum absolute atomic E-state index is 0.0282. The summed E-state index contributed by atoms with van der Waals surface area (Å²) in [6, 6.07) is 15.7.